The minimum atomic E-state index is -1.34. The molecule has 0 spiro atoms. The van der Waals surface area contributed by atoms with Crippen LogP contribution in [0.15, 0.2) is 0 Å². The molecule has 0 saturated heterocycles. The zero-order chi connectivity index (χ0) is 62.3. The molecule has 26 heteroatoms. The molecular weight excluding hydrogens is 1100 g/mol. The third-order valence-electron chi connectivity index (χ3n) is 16.7. The number of amides is 4. The highest BCUT2D eigenvalue weighted by atomic mass is 16.5. The Labute approximate surface area is 493 Å². The molecule has 3 fully saturated rings. The van der Waals surface area contributed by atoms with E-state index in [-0.39, 0.29) is 135 Å². The first-order chi connectivity index (χ1) is 40.1. The summed E-state index contributed by atoms with van der Waals surface area (Å²) in [4.78, 5) is 108. The lowest BCUT2D eigenvalue weighted by molar-refractivity contribution is -0.144. The summed E-state index contributed by atoms with van der Waals surface area (Å²) in [5.41, 5.74) is 0. The number of Topliss-reactive ketones (excluding diaryl/α,β-unsaturated/α-hetero) is 4. The van der Waals surface area contributed by atoms with Crippen LogP contribution in [-0.4, -0.2) is 251 Å². The summed E-state index contributed by atoms with van der Waals surface area (Å²) >= 11 is 0. The van der Waals surface area contributed by atoms with E-state index >= 15 is 0 Å². The van der Waals surface area contributed by atoms with E-state index in [0.29, 0.717) is 51.6 Å². The molecule has 3 aliphatic rings. The molecule has 3 saturated carbocycles. The second-order valence-electron chi connectivity index (χ2n) is 23.2. The number of nitrogens with zero attached hydrogens (tertiary/aromatic N) is 1. The Bertz CT molecular complexity index is 1920. The Morgan fingerprint density at radius 3 is 1.19 bits per heavy atom. The molecule has 4 amide bonds. The van der Waals surface area contributed by atoms with E-state index in [1.807, 2.05) is 0 Å². The Balaban J connectivity index is 1.67. The standard InChI is InChI=1S/C58H101N5O21/c1-35-46(26-38(32-64)55(77)52(35)74)82-23-7-19-59-49(71)17-14-43(69)30-63(31-44(70)15-18-50(72)60-20-8-24-83-47-27-39(33-65)56(78)53(75)36(47)2)45(16-13-42(68)11-5-10-41(67)12-6-22-81-4)58(80)62-29-51(73)61-21-9-25-84-48-28-40(34-66)57(79)54(76)37(48)3/h35-40,45-48,52-57,64-66,74-79H,5-34H2,1-4H3,(H,59,71)(H,60,72)(H,61,73)(H,62,80)/t35?,36?,37?,38?,39?,40?,45?,46-,47-,48-,52-,53?,54-,55+,56+,57+/m1/s1. The number of hydrogen-bond donors (Lipinski definition) is 13. The fraction of sp³-hybridized carbons (Fsp3) is 0.862. The SMILES string of the molecule is COCCCC(=O)CCCC(=O)CCC(C(=O)NCC(=O)NCCCO[C@@H]1CC(CO)[C@H](O)[C@H](O)C1C)N(CC(=O)CCC(=O)NCCCO[C@@H]1CC(CO)[C@H](O)C(O)C1C)CC(=O)CCC(=O)NCCCO[C@@H]1CC(CO)[C@H](O)[C@H](O)C1C. The summed E-state index contributed by atoms with van der Waals surface area (Å²) in [5.74, 6) is -6.59. The van der Waals surface area contributed by atoms with Crippen molar-refractivity contribution in [2.45, 2.75) is 191 Å². The van der Waals surface area contributed by atoms with Crippen molar-refractivity contribution in [3.05, 3.63) is 0 Å². The van der Waals surface area contributed by atoms with Gasteiger partial charge in [0, 0.05) is 160 Å². The Morgan fingerprint density at radius 2 is 0.810 bits per heavy atom. The molecule has 8 unspecified atom stereocenters. The summed E-state index contributed by atoms with van der Waals surface area (Å²) in [6.45, 7) is 4.10. The Kier molecular flexibility index (Phi) is 35.8. The first-order valence-electron chi connectivity index (χ1n) is 30.2. The number of ether oxygens (including phenoxy) is 4. The maximum atomic E-state index is 14.2. The average molecular weight is 1200 g/mol. The molecule has 0 aromatic carbocycles. The van der Waals surface area contributed by atoms with Crippen molar-refractivity contribution in [3.63, 3.8) is 0 Å². The van der Waals surface area contributed by atoms with Crippen LogP contribution in [0, 0.1) is 35.5 Å². The number of carbonyl (C=O) groups excluding carboxylic acids is 8. The van der Waals surface area contributed by atoms with E-state index in [9.17, 15) is 84.3 Å². The zero-order valence-corrected chi connectivity index (χ0v) is 49.8. The van der Waals surface area contributed by atoms with Gasteiger partial charge >= 0.3 is 0 Å². The Morgan fingerprint density at radius 1 is 0.440 bits per heavy atom. The minimum Gasteiger partial charge on any atom is -0.396 e. The second kappa shape index (κ2) is 40.5. The largest absolute Gasteiger partial charge is 0.396 e. The summed E-state index contributed by atoms with van der Waals surface area (Å²) in [5, 5.41) is 102. The molecule has 0 bridgehead atoms. The number of rotatable bonds is 43. The minimum absolute atomic E-state index is 0.00923. The van der Waals surface area contributed by atoms with Gasteiger partial charge in [0.15, 0.2) is 0 Å². The smallest absolute Gasteiger partial charge is 0.239 e. The van der Waals surface area contributed by atoms with E-state index in [0.717, 1.165) is 0 Å². The van der Waals surface area contributed by atoms with E-state index in [1.165, 1.54) is 12.0 Å². The number of aliphatic hydroxyl groups is 9. The normalized spacial score (nSPS) is 28.3. The van der Waals surface area contributed by atoms with Gasteiger partial charge in [0.25, 0.3) is 0 Å². The van der Waals surface area contributed by atoms with Gasteiger partial charge in [0.05, 0.1) is 80.6 Å². The van der Waals surface area contributed by atoms with Gasteiger partial charge in [-0.25, -0.2) is 0 Å². The number of methoxy groups -OCH3 is 1. The molecule has 3 aliphatic carbocycles. The van der Waals surface area contributed by atoms with Crippen LogP contribution in [-0.2, 0) is 57.3 Å². The van der Waals surface area contributed by atoms with Gasteiger partial charge < -0.3 is 86.2 Å². The van der Waals surface area contributed by atoms with E-state index in [4.69, 9.17) is 18.9 Å². The van der Waals surface area contributed by atoms with E-state index in [2.05, 4.69) is 21.3 Å². The highest BCUT2D eigenvalue weighted by molar-refractivity contribution is 5.92. The van der Waals surface area contributed by atoms with Crippen LogP contribution in [0.5, 0.6) is 0 Å². The maximum Gasteiger partial charge on any atom is 0.239 e. The number of ketones is 4. The highest BCUT2D eigenvalue weighted by Crippen LogP contribution is 2.34. The van der Waals surface area contributed by atoms with Crippen molar-refractivity contribution in [2.24, 2.45) is 35.5 Å². The molecule has 84 heavy (non-hydrogen) atoms. The van der Waals surface area contributed by atoms with E-state index in [1.54, 1.807) is 20.8 Å². The summed E-state index contributed by atoms with van der Waals surface area (Å²) in [7, 11) is 1.53. The molecule has 26 nitrogen and oxygen atoms in total. The maximum absolute atomic E-state index is 14.2. The van der Waals surface area contributed by atoms with Crippen LogP contribution in [0.3, 0.4) is 0 Å². The lowest BCUT2D eigenvalue weighted by Gasteiger charge is -2.40. The average Bonchev–Trinajstić information content (AvgIpc) is 3.36. The van der Waals surface area contributed by atoms with Crippen molar-refractivity contribution in [3.8, 4) is 0 Å². The second-order valence-corrected chi connectivity index (χ2v) is 23.2. The van der Waals surface area contributed by atoms with Crippen molar-refractivity contribution in [1.29, 1.82) is 0 Å². The number of aliphatic hydroxyl groups excluding tert-OH is 9. The van der Waals surface area contributed by atoms with Gasteiger partial charge in [0.1, 0.15) is 23.1 Å². The van der Waals surface area contributed by atoms with Crippen LogP contribution in [0.25, 0.3) is 0 Å². The van der Waals surface area contributed by atoms with Crippen LogP contribution in [0.4, 0.5) is 0 Å². The quantitative estimate of drug-likeness (QED) is 0.0287. The van der Waals surface area contributed by atoms with Crippen LogP contribution in [0.2, 0.25) is 0 Å². The predicted molar refractivity (Wildman–Crippen MR) is 302 cm³/mol. The van der Waals surface area contributed by atoms with Gasteiger partial charge in [-0.15, -0.1) is 0 Å². The van der Waals surface area contributed by atoms with Crippen molar-refractivity contribution in [2.75, 3.05) is 92.6 Å². The van der Waals surface area contributed by atoms with E-state index < -0.39 is 151 Å². The van der Waals surface area contributed by atoms with Crippen LogP contribution in [0.1, 0.15) is 130 Å². The fourth-order valence-corrected chi connectivity index (χ4v) is 11.0. The lowest BCUT2D eigenvalue weighted by atomic mass is 9.77. The first kappa shape index (κ1) is 74.3. The number of carbonyl (C=O) groups is 8. The van der Waals surface area contributed by atoms with Gasteiger partial charge in [-0.2, -0.15) is 0 Å². The Hall–Kier alpha value is -4.00. The summed E-state index contributed by atoms with van der Waals surface area (Å²) < 4.78 is 22.8. The van der Waals surface area contributed by atoms with Crippen LogP contribution < -0.4 is 21.3 Å². The number of hydrogen-bond acceptors (Lipinski definition) is 22. The molecule has 13 N–H and O–H groups in total. The lowest BCUT2D eigenvalue weighted by Crippen LogP contribution is -2.52. The molecular formula is C58H101N5O21. The fourth-order valence-electron chi connectivity index (χ4n) is 11.0. The summed E-state index contributed by atoms with van der Waals surface area (Å²) in [6.07, 6.45) is -6.00. The molecule has 0 heterocycles. The molecule has 0 radical (unpaired) electrons. The highest BCUT2D eigenvalue weighted by Gasteiger charge is 2.44. The molecule has 0 aliphatic heterocycles. The molecule has 0 aromatic heterocycles. The third-order valence-corrected chi connectivity index (χ3v) is 16.7. The molecule has 0 aromatic rings. The van der Waals surface area contributed by atoms with Gasteiger partial charge in [-0.3, -0.25) is 43.3 Å². The predicted octanol–water partition coefficient (Wildman–Crippen LogP) is -2.23. The topological polar surface area (TPSA) is 407 Å². The van der Waals surface area contributed by atoms with Crippen molar-refractivity contribution in [1.82, 2.24) is 26.2 Å². The van der Waals surface area contributed by atoms with Crippen molar-refractivity contribution < 1.29 is 103 Å². The number of nitrogens with one attached hydrogen (secondary N) is 4. The monoisotopic (exact) mass is 1200 g/mol. The summed E-state index contributed by atoms with van der Waals surface area (Å²) in [6, 6.07) is -1.34. The van der Waals surface area contributed by atoms with Crippen molar-refractivity contribution >= 4 is 46.8 Å². The molecule has 484 valence electrons. The van der Waals surface area contributed by atoms with Gasteiger partial charge in [-0.1, -0.05) is 20.8 Å². The van der Waals surface area contributed by atoms with Gasteiger partial charge in [0.2, 0.25) is 23.6 Å². The zero-order valence-electron chi connectivity index (χ0n) is 49.8. The third kappa shape index (κ3) is 26.1. The molecule has 3 rings (SSSR count). The molecule has 16 atom stereocenters. The first-order valence-corrected chi connectivity index (χ1v) is 30.2. The van der Waals surface area contributed by atoms with Crippen LogP contribution >= 0.6 is 0 Å². The van der Waals surface area contributed by atoms with Gasteiger partial charge in [-0.05, 0) is 57.8 Å².